The molecule has 0 bridgehead atoms. The summed E-state index contributed by atoms with van der Waals surface area (Å²) in [7, 11) is 0. The molecule has 0 radical (unpaired) electrons. The van der Waals surface area contributed by atoms with Crippen molar-refractivity contribution in [2.24, 2.45) is 5.92 Å². The van der Waals surface area contributed by atoms with Crippen molar-refractivity contribution < 1.29 is 14.6 Å². The molecule has 1 N–H and O–H groups in total. The number of fused-ring (bicyclic) bond motifs is 1. The molecule has 2 aliphatic heterocycles. The summed E-state index contributed by atoms with van der Waals surface area (Å²) >= 11 is 0. The molecule has 0 saturated carbocycles. The lowest BCUT2D eigenvalue weighted by molar-refractivity contribution is -0.264. The average Bonchev–Trinajstić information content (AvgIpc) is 2.86. The predicted octanol–water partition coefficient (Wildman–Crippen LogP) is 3.35. The molecule has 21 heavy (non-hydrogen) atoms. The third-order valence-corrected chi connectivity index (χ3v) is 4.07. The van der Waals surface area contributed by atoms with E-state index in [1.165, 1.54) is 0 Å². The van der Waals surface area contributed by atoms with Gasteiger partial charge in [-0.2, -0.15) is 0 Å². The smallest absolute Gasteiger partial charge is 0.209 e. The lowest BCUT2D eigenvalue weighted by Gasteiger charge is -2.38. The van der Waals surface area contributed by atoms with Crippen molar-refractivity contribution >= 4 is 0 Å². The molecule has 4 unspecified atom stereocenters. The minimum absolute atomic E-state index is 0.0247. The van der Waals surface area contributed by atoms with Gasteiger partial charge < -0.3 is 14.6 Å². The predicted molar refractivity (Wildman–Crippen MR) is 78.1 cm³/mol. The third kappa shape index (κ3) is 2.15. The molecule has 2 aromatic rings. The Kier molecular flexibility index (Phi) is 3.02. The lowest BCUT2D eigenvalue weighted by atomic mass is 9.90. The maximum atomic E-state index is 10.4. The number of ether oxygens (including phenoxy) is 2. The van der Waals surface area contributed by atoms with Gasteiger partial charge in [0.2, 0.25) is 6.29 Å². The van der Waals surface area contributed by atoms with Gasteiger partial charge >= 0.3 is 0 Å². The largest absolute Gasteiger partial charge is 0.466 e. The summed E-state index contributed by atoms with van der Waals surface area (Å²) < 4.78 is 11.5. The number of aliphatic hydroxyl groups excluding tert-OH is 1. The van der Waals surface area contributed by atoms with Crippen LogP contribution in [0.15, 0.2) is 72.5 Å². The molecule has 4 rings (SSSR count). The van der Waals surface area contributed by atoms with Gasteiger partial charge in [-0.3, -0.25) is 0 Å². The van der Waals surface area contributed by atoms with Gasteiger partial charge in [0.1, 0.15) is 11.9 Å². The minimum atomic E-state index is -0.725. The summed E-state index contributed by atoms with van der Waals surface area (Å²) in [5.41, 5.74) is 1.98. The van der Waals surface area contributed by atoms with Crippen molar-refractivity contribution in [2.75, 3.05) is 0 Å². The number of benzene rings is 2. The highest BCUT2D eigenvalue weighted by Crippen LogP contribution is 2.49. The first-order valence-corrected chi connectivity index (χ1v) is 7.15. The van der Waals surface area contributed by atoms with Crippen molar-refractivity contribution in [3.63, 3.8) is 0 Å². The molecule has 0 spiro atoms. The Balaban J connectivity index is 1.54. The molecule has 0 aliphatic carbocycles. The van der Waals surface area contributed by atoms with Gasteiger partial charge in [0.25, 0.3) is 0 Å². The summed E-state index contributed by atoms with van der Waals surface area (Å²) in [6, 6.07) is 19.6. The van der Waals surface area contributed by atoms with E-state index in [1.54, 1.807) is 0 Å². The van der Waals surface area contributed by atoms with Gasteiger partial charge in [0, 0.05) is 0 Å². The van der Waals surface area contributed by atoms with Gasteiger partial charge in [0.05, 0.1) is 12.0 Å². The van der Waals surface area contributed by atoms with Crippen LogP contribution in [-0.4, -0.2) is 11.4 Å². The molecule has 2 aliphatic rings. The van der Waals surface area contributed by atoms with Gasteiger partial charge in [-0.05, 0) is 17.2 Å². The quantitative estimate of drug-likeness (QED) is 0.937. The van der Waals surface area contributed by atoms with Crippen LogP contribution in [0, 0.1) is 5.92 Å². The molecule has 4 atom stereocenters. The lowest BCUT2D eigenvalue weighted by Crippen LogP contribution is -2.39. The van der Waals surface area contributed by atoms with E-state index < -0.39 is 6.10 Å². The average molecular weight is 280 g/mol. The van der Waals surface area contributed by atoms with Crippen molar-refractivity contribution in [3.05, 3.63) is 83.6 Å². The zero-order valence-corrected chi connectivity index (χ0v) is 11.4. The van der Waals surface area contributed by atoms with Gasteiger partial charge in [-0.25, -0.2) is 0 Å². The van der Waals surface area contributed by atoms with Crippen LogP contribution in [0.4, 0.5) is 0 Å². The maximum absolute atomic E-state index is 10.4. The first-order valence-electron chi connectivity index (χ1n) is 7.15. The second-order valence-electron chi connectivity index (χ2n) is 5.41. The molecular weight excluding hydrogens is 264 g/mol. The molecule has 1 saturated heterocycles. The van der Waals surface area contributed by atoms with Gasteiger partial charge in [-0.1, -0.05) is 60.7 Å². The maximum Gasteiger partial charge on any atom is 0.209 e. The highest BCUT2D eigenvalue weighted by atomic mass is 16.7. The Hall–Kier alpha value is -2.10. The second kappa shape index (κ2) is 5.02. The van der Waals surface area contributed by atoms with Gasteiger partial charge in [-0.15, -0.1) is 0 Å². The molecule has 106 valence electrons. The van der Waals surface area contributed by atoms with E-state index >= 15 is 0 Å². The molecule has 0 aromatic heterocycles. The van der Waals surface area contributed by atoms with Crippen LogP contribution in [0.1, 0.15) is 23.3 Å². The normalized spacial score (nSPS) is 28.0. The van der Waals surface area contributed by atoms with Crippen LogP contribution >= 0.6 is 0 Å². The van der Waals surface area contributed by atoms with Crippen LogP contribution in [0.2, 0.25) is 0 Å². The molecule has 2 heterocycles. The summed E-state index contributed by atoms with van der Waals surface area (Å²) in [5, 5.41) is 10.4. The highest BCUT2D eigenvalue weighted by molar-refractivity contribution is 5.29. The molecular formula is C18H16O3. The van der Waals surface area contributed by atoms with E-state index in [2.05, 4.69) is 12.1 Å². The fourth-order valence-electron chi connectivity index (χ4n) is 2.91. The van der Waals surface area contributed by atoms with Crippen molar-refractivity contribution in [1.29, 1.82) is 0 Å². The van der Waals surface area contributed by atoms with Crippen LogP contribution in [0.25, 0.3) is 0 Å². The Morgan fingerprint density at radius 3 is 2.29 bits per heavy atom. The Bertz CT molecular complexity index is 651. The minimum Gasteiger partial charge on any atom is -0.466 e. The number of rotatable bonds is 3. The highest BCUT2D eigenvalue weighted by Gasteiger charge is 2.48. The van der Waals surface area contributed by atoms with Crippen LogP contribution in [0.3, 0.4) is 0 Å². The molecule has 1 fully saturated rings. The fourth-order valence-corrected chi connectivity index (χ4v) is 2.91. The van der Waals surface area contributed by atoms with Crippen molar-refractivity contribution in [2.45, 2.75) is 18.5 Å². The summed E-state index contributed by atoms with van der Waals surface area (Å²) in [6.45, 7) is 0. The Morgan fingerprint density at radius 1 is 0.905 bits per heavy atom. The molecule has 2 aromatic carbocycles. The van der Waals surface area contributed by atoms with E-state index in [-0.39, 0.29) is 18.3 Å². The zero-order valence-electron chi connectivity index (χ0n) is 11.4. The zero-order chi connectivity index (χ0) is 14.2. The van der Waals surface area contributed by atoms with E-state index in [4.69, 9.17) is 9.47 Å². The number of hydrogen-bond acceptors (Lipinski definition) is 3. The number of hydrogen-bond donors (Lipinski definition) is 1. The first-order chi connectivity index (χ1) is 10.3. The van der Waals surface area contributed by atoms with Crippen LogP contribution in [-0.2, 0) is 9.47 Å². The van der Waals surface area contributed by atoms with E-state index in [0.717, 1.165) is 11.1 Å². The van der Waals surface area contributed by atoms with Crippen molar-refractivity contribution in [3.8, 4) is 0 Å². The van der Waals surface area contributed by atoms with Crippen LogP contribution < -0.4 is 0 Å². The summed E-state index contributed by atoms with van der Waals surface area (Å²) in [5.74, 6) is 0.774. The topological polar surface area (TPSA) is 38.7 Å². The second-order valence-corrected chi connectivity index (χ2v) is 5.41. The Labute approximate surface area is 123 Å². The van der Waals surface area contributed by atoms with E-state index in [0.29, 0.717) is 5.76 Å². The van der Waals surface area contributed by atoms with Gasteiger partial charge in [0.15, 0.2) is 0 Å². The third-order valence-electron chi connectivity index (χ3n) is 4.07. The van der Waals surface area contributed by atoms with E-state index in [9.17, 15) is 5.11 Å². The summed E-state index contributed by atoms with van der Waals surface area (Å²) in [4.78, 5) is 0. The standard InChI is InChI=1S/C18H16O3/c19-16(12-7-3-1-4-8-12)15-11-14-17(21-18(14)20-15)13-9-5-2-6-10-13/h1-11,14,16-19H. The first kappa shape index (κ1) is 12.6. The fraction of sp³-hybridized carbons (Fsp3) is 0.222. The SMILES string of the molecule is OC(C1=CC2C(O1)OC2c1ccccc1)c1ccccc1. The number of aliphatic hydroxyl groups is 1. The Morgan fingerprint density at radius 2 is 1.57 bits per heavy atom. The summed E-state index contributed by atoms with van der Waals surface area (Å²) in [6.07, 6.45) is 1.04. The molecule has 0 amide bonds. The van der Waals surface area contributed by atoms with Crippen molar-refractivity contribution in [1.82, 2.24) is 0 Å². The molecule has 3 heteroatoms. The van der Waals surface area contributed by atoms with Crippen LogP contribution in [0.5, 0.6) is 0 Å². The molecule has 3 nitrogen and oxygen atoms in total. The van der Waals surface area contributed by atoms with E-state index in [1.807, 2.05) is 54.6 Å². The monoisotopic (exact) mass is 280 g/mol.